The molecule has 0 heterocycles. The number of rotatable bonds is 4. The molecule has 0 aromatic heterocycles. The summed E-state index contributed by atoms with van der Waals surface area (Å²) in [6.45, 7) is 0. The van der Waals surface area contributed by atoms with Crippen molar-refractivity contribution in [1.82, 2.24) is 0 Å². The van der Waals surface area contributed by atoms with Gasteiger partial charge in [-0.2, -0.15) is 0 Å². The minimum absolute atomic E-state index is 1.23. The number of benzene rings is 2. The molecule has 17 heavy (non-hydrogen) atoms. The van der Waals surface area contributed by atoms with Crippen LogP contribution in [0.5, 0.6) is 0 Å². The molecule has 0 fully saturated rings. The second-order valence-electron chi connectivity index (χ2n) is 3.56. The molecule has 0 spiro atoms. The zero-order valence-corrected chi connectivity index (χ0v) is 10.3. The summed E-state index contributed by atoms with van der Waals surface area (Å²) >= 11 is 1.68. The highest BCUT2D eigenvalue weighted by atomic mass is 32.2. The molecule has 0 aliphatic heterocycles. The SMILES string of the molecule is C(=C/c1ccccc1)/S/C=C/c1ccccc1. The van der Waals surface area contributed by atoms with E-state index in [0.29, 0.717) is 0 Å². The van der Waals surface area contributed by atoms with Crippen LogP contribution in [0.3, 0.4) is 0 Å². The quantitative estimate of drug-likeness (QED) is 0.717. The van der Waals surface area contributed by atoms with E-state index < -0.39 is 0 Å². The van der Waals surface area contributed by atoms with E-state index in [4.69, 9.17) is 0 Å². The van der Waals surface area contributed by atoms with Gasteiger partial charge in [0, 0.05) is 0 Å². The Morgan fingerprint density at radius 3 is 1.41 bits per heavy atom. The standard InChI is InChI=1S/C16H14S/c1-3-7-15(8-4-1)11-13-17-14-12-16-9-5-2-6-10-16/h1-14H/b13-11-,14-12+. The highest BCUT2D eigenvalue weighted by Gasteiger charge is 1.83. The van der Waals surface area contributed by atoms with E-state index in [1.54, 1.807) is 11.8 Å². The molecule has 2 aromatic carbocycles. The minimum atomic E-state index is 1.23. The van der Waals surface area contributed by atoms with E-state index in [9.17, 15) is 0 Å². The maximum Gasteiger partial charge on any atom is -0.0242 e. The van der Waals surface area contributed by atoms with Crippen LogP contribution in [-0.4, -0.2) is 0 Å². The monoisotopic (exact) mass is 238 g/mol. The zero-order chi connectivity index (χ0) is 11.8. The van der Waals surface area contributed by atoms with Gasteiger partial charge in [0.2, 0.25) is 0 Å². The zero-order valence-electron chi connectivity index (χ0n) is 9.49. The summed E-state index contributed by atoms with van der Waals surface area (Å²) in [5, 5.41) is 4.18. The number of thioether (sulfide) groups is 1. The fourth-order valence-electron chi connectivity index (χ4n) is 1.41. The third-order valence-corrected chi connectivity index (χ3v) is 2.86. The summed E-state index contributed by atoms with van der Waals surface area (Å²) < 4.78 is 0. The van der Waals surface area contributed by atoms with E-state index in [-0.39, 0.29) is 0 Å². The molecule has 1 heteroatoms. The minimum Gasteiger partial charge on any atom is -0.106 e. The molecule has 2 rings (SSSR count). The molecule has 0 nitrogen and oxygen atoms in total. The molecule has 0 radical (unpaired) electrons. The molecule has 0 unspecified atom stereocenters. The molecular formula is C16H14S. The molecule has 0 N–H and O–H groups in total. The Balaban J connectivity index is 1.84. The lowest BCUT2D eigenvalue weighted by molar-refractivity contribution is 1.66. The van der Waals surface area contributed by atoms with Crippen LogP contribution in [-0.2, 0) is 0 Å². The third kappa shape index (κ3) is 4.33. The van der Waals surface area contributed by atoms with Crippen LogP contribution in [0.2, 0.25) is 0 Å². The van der Waals surface area contributed by atoms with Crippen molar-refractivity contribution in [3.8, 4) is 0 Å². The van der Waals surface area contributed by atoms with Gasteiger partial charge in [-0.05, 0) is 34.1 Å². The van der Waals surface area contributed by atoms with Gasteiger partial charge in [0.25, 0.3) is 0 Å². The second-order valence-corrected chi connectivity index (χ2v) is 4.38. The van der Waals surface area contributed by atoms with Gasteiger partial charge >= 0.3 is 0 Å². The van der Waals surface area contributed by atoms with Gasteiger partial charge in [0.05, 0.1) is 0 Å². The van der Waals surface area contributed by atoms with Crippen molar-refractivity contribution in [3.05, 3.63) is 82.6 Å². The summed E-state index contributed by atoms with van der Waals surface area (Å²) in [5.41, 5.74) is 2.46. The lowest BCUT2D eigenvalue weighted by Crippen LogP contribution is -1.67. The molecule has 84 valence electrons. The highest BCUT2D eigenvalue weighted by Crippen LogP contribution is 2.11. The van der Waals surface area contributed by atoms with Crippen molar-refractivity contribution in [1.29, 1.82) is 0 Å². The van der Waals surface area contributed by atoms with E-state index in [2.05, 4.69) is 47.2 Å². The lowest BCUT2D eigenvalue weighted by Gasteiger charge is -1.91. The predicted molar refractivity (Wildman–Crippen MR) is 78.5 cm³/mol. The van der Waals surface area contributed by atoms with Crippen LogP contribution in [0, 0.1) is 0 Å². The molecule has 0 amide bonds. The van der Waals surface area contributed by atoms with Crippen LogP contribution in [0.25, 0.3) is 12.2 Å². The van der Waals surface area contributed by atoms with Crippen LogP contribution in [0.1, 0.15) is 11.1 Å². The molecule has 0 saturated carbocycles. The first-order valence-electron chi connectivity index (χ1n) is 5.54. The smallest absolute Gasteiger partial charge is 0.0242 e. The van der Waals surface area contributed by atoms with Gasteiger partial charge in [-0.1, -0.05) is 60.7 Å². The van der Waals surface area contributed by atoms with Crippen molar-refractivity contribution in [2.75, 3.05) is 0 Å². The van der Waals surface area contributed by atoms with Crippen molar-refractivity contribution >= 4 is 23.9 Å². The van der Waals surface area contributed by atoms with Crippen LogP contribution in [0.4, 0.5) is 0 Å². The van der Waals surface area contributed by atoms with E-state index in [0.717, 1.165) is 0 Å². The molecular weight excluding hydrogens is 224 g/mol. The molecule has 0 atom stereocenters. The van der Waals surface area contributed by atoms with E-state index >= 15 is 0 Å². The van der Waals surface area contributed by atoms with Gasteiger partial charge < -0.3 is 0 Å². The molecule has 2 aromatic rings. The fourth-order valence-corrected chi connectivity index (χ4v) is 1.97. The lowest BCUT2D eigenvalue weighted by atomic mass is 10.2. The Morgan fingerprint density at radius 1 is 0.588 bits per heavy atom. The van der Waals surface area contributed by atoms with Gasteiger partial charge in [-0.3, -0.25) is 0 Å². The van der Waals surface area contributed by atoms with Crippen molar-refractivity contribution in [2.45, 2.75) is 0 Å². The molecule has 0 aliphatic carbocycles. The van der Waals surface area contributed by atoms with Crippen molar-refractivity contribution in [2.24, 2.45) is 0 Å². The van der Waals surface area contributed by atoms with Crippen LogP contribution >= 0.6 is 11.8 Å². The van der Waals surface area contributed by atoms with Gasteiger partial charge in [-0.15, -0.1) is 11.8 Å². The number of hydrogen-bond donors (Lipinski definition) is 0. The summed E-state index contributed by atoms with van der Waals surface area (Å²) in [5.74, 6) is 0. The largest absolute Gasteiger partial charge is 0.106 e. The average molecular weight is 238 g/mol. The van der Waals surface area contributed by atoms with Crippen LogP contribution < -0.4 is 0 Å². The van der Waals surface area contributed by atoms with E-state index in [1.807, 2.05) is 36.4 Å². The molecule has 0 bridgehead atoms. The highest BCUT2D eigenvalue weighted by molar-refractivity contribution is 8.05. The fraction of sp³-hybridized carbons (Fsp3) is 0. The normalized spacial score (nSPS) is 11.3. The predicted octanol–water partition coefficient (Wildman–Crippen LogP) is 5.06. The average Bonchev–Trinajstić information content (AvgIpc) is 2.41. The Hall–Kier alpha value is -1.73. The first-order chi connectivity index (χ1) is 8.45. The third-order valence-electron chi connectivity index (χ3n) is 2.28. The van der Waals surface area contributed by atoms with Crippen molar-refractivity contribution in [3.63, 3.8) is 0 Å². The maximum atomic E-state index is 2.11. The Morgan fingerprint density at radius 2 is 1.00 bits per heavy atom. The summed E-state index contributed by atoms with van der Waals surface area (Å²) in [4.78, 5) is 0. The Labute approximate surface area is 107 Å². The molecule has 0 aliphatic rings. The summed E-state index contributed by atoms with van der Waals surface area (Å²) in [6.07, 6.45) is 4.22. The Bertz CT molecular complexity index is 436. The number of hydrogen-bond acceptors (Lipinski definition) is 1. The second kappa shape index (κ2) is 6.77. The maximum absolute atomic E-state index is 2.11. The molecule has 0 saturated heterocycles. The topological polar surface area (TPSA) is 0 Å². The van der Waals surface area contributed by atoms with E-state index in [1.165, 1.54) is 11.1 Å². The first-order valence-corrected chi connectivity index (χ1v) is 6.48. The van der Waals surface area contributed by atoms with Gasteiger partial charge in [-0.25, -0.2) is 0 Å². The van der Waals surface area contributed by atoms with Gasteiger partial charge in [0.15, 0.2) is 0 Å². The summed E-state index contributed by atoms with van der Waals surface area (Å²) in [6, 6.07) is 20.6. The van der Waals surface area contributed by atoms with Gasteiger partial charge in [0.1, 0.15) is 0 Å². The summed E-state index contributed by atoms with van der Waals surface area (Å²) in [7, 11) is 0. The van der Waals surface area contributed by atoms with Crippen molar-refractivity contribution < 1.29 is 0 Å². The van der Waals surface area contributed by atoms with Crippen LogP contribution in [0.15, 0.2) is 71.5 Å². The Kier molecular flexibility index (Phi) is 4.68. The first kappa shape index (κ1) is 11.7.